The zero-order chi connectivity index (χ0) is 18.2. The molecule has 0 radical (unpaired) electrons. The lowest BCUT2D eigenvalue weighted by atomic mass is 10.1. The van der Waals surface area contributed by atoms with Gasteiger partial charge in [-0.25, -0.2) is 0 Å². The Morgan fingerprint density at radius 1 is 1.04 bits per heavy atom. The largest absolute Gasteiger partial charge is 0.496 e. The van der Waals surface area contributed by atoms with Crippen LogP contribution in [0.1, 0.15) is 25.0 Å². The molecule has 0 bridgehead atoms. The summed E-state index contributed by atoms with van der Waals surface area (Å²) in [6.45, 7) is 3.84. The van der Waals surface area contributed by atoms with Gasteiger partial charge in [-0.1, -0.05) is 43.3 Å². The number of hydrogen-bond donors (Lipinski definition) is 1. The van der Waals surface area contributed by atoms with Gasteiger partial charge in [0.15, 0.2) is 0 Å². The molecule has 0 spiro atoms. The summed E-state index contributed by atoms with van der Waals surface area (Å²) >= 11 is 0. The number of hydrogen-bond acceptors (Lipinski definition) is 3. The number of aryl methyl sites for hydroxylation is 1. The van der Waals surface area contributed by atoms with Crippen molar-refractivity contribution < 1.29 is 14.3 Å². The van der Waals surface area contributed by atoms with Crippen LogP contribution >= 0.6 is 0 Å². The van der Waals surface area contributed by atoms with Gasteiger partial charge in [0.1, 0.15) is 12.3 Å². The van der Waals surface area contributed by atoms with Crippen LogP contribution in [-0.2, 0) is 22.6 Å². The Bertz CT molecular complexity index is 743. The van der Waals surface area contributed by atoms with Crippen LogP contribution in [0.3, 0.4) is 0 Å². The fraction of sp³-hybridized carbons (Fsp3) is 0.300. The Morgan fingerprint density at radius 2 is 1.68 bits per heavy atom. The Balaban J connectivity index is 2.07. The van der Waals surface area contributed by atoms with Gasteiger partial charge >= 0.3 is 0 Å². The van der Waals surface area contributed by atoms with Crippen LogP contribution in [0, 0.1) is 0 Å². The van der Waals surface area contributed by atoms with E-state index in [1.165, 1.54) is 11.8 Å². The standard InChI is InChI=1S/C20H24N2O3/c1-4-16-9-5-7-11-18(16)22(15(2)23)14-20(24)21-13-17-10-6-8-12-19(17)25-3/h5-12H,4,13-14H2,1-3H3,(H,21,24). The number of benzene rings is 2. The van der Waals surface area contributed by atoms with Crippen molar-refractivity contribution in [2.45, 2.75) is 26.8 Å². The number of nitrogens with one attached hydrogen (secondary N) is 1. The van der Waals surface area contributed by atoms with Crippen molar-refractivity contribution in [2.24, 2.45) is 0 Å². The summed E-state index contributed by atoms with van der Waals surface area (Å²) in [6.07, 6.45) is 0.794. The van der Waals surface area contributed by atoms with Crippen LogP contribution in [-0.4, -0.2) is 25.5 Å². The van der Waals surface area contributed by atoms with Gasteiger partial charge in [0, 0.05) is 24.7 Å². The molecule has 2 aromatic rings. The van der Waals surface area contributed by atoms with Crippen molar-refractivity contribution >= 4 is 17.5 Å². The van der Waals surface area contributed by atoms with E-state index in [0.29, 0.717) is 6.54 Å². The third-order valence-corrected chi connectivity index (χ3v) is 4.01. The fourth-order valence-corrected chi connectivity index (χ4v) is 2.68. The number of amides is 2. The summed E-state index contributed by atoms with van der Waals surface area (Å²) in [5.74, 6) is 0.350. The molecular weight excluding hydrogens is 316 g/mol. The Hall–Kier alpha value is -2.82. The van der Waals surface area contributed by atoms with Gasteiger partial charge in [-0.15, -0.1) is 0 Å². The van der Waals surface area contributed by atoms with Crippen molar-refractivity contribution in [2.75, 3.05) is 18.6 Å². The molecule has 0 aliphatic heterocycles. The van der Waals surface area contributed by atoms with Crippen LogP contribution in [0.25, 0.3) is 0 Å². The zero-order valence-electron chi connectivity index (χ0n) is 14.9. The number of carbonyl (C=O) groups excluding carboxylic acids is 2. The van der Waals surface area contributed by atoms with Crippen molar-refractivity contribution in [3.05, 3.63) is 59.7 Å². The number of nitrogens with zero attached hydrogens (tertiary/aromatic N) is 1. The molecule has 5 heteroatoms. The Morgan fingerprint density at radius 3 is 2.32 bits per heavy atom. The van der Waals surface area contributed by atoms with Gasteiger partial charge in [-0.05, 0) is 24.1 Å². The van der Waals surface area contributed by atoms with Gasteiger partial charge < -0.3 is 15.0 Å². The van der Waals surface area contributed by atoms with E-state index in [1.807, 2.05) is 55.5 Å². The van der Waals surface area contributed by atoms with Crippen LogP contribution in [0.15, 0.2) is 48.5 Å². The normalized spacial score (nSPS) is 10.2. The predicted molar refractivity (Wildman–Crippen MR) is 98.7 cm³/mol. The van der Waals surface area contributed by atoms with Crippen molar-refractivity contribution in [1.29, 1.82) is 0 Å². The van der Waals surface area contributed by atoms with Crippen LogP contribution in [0.5, 0.6) is 5.75 Å². The highest BCUT2D eigenvalue weighted by molar-refractivity contribution is 5.98. The lowest BCUT2D eigenvalue weighted by Gasteiger charge is -2.23. The van der Waals surface area contributed by atoms with Crippen molar-refractivity contribution in [3.63, 3.8) is 0 Å². The van der Waals surface area contributed by atoms with Crippen LogP contribution < -0.4 is 15.0 Å². The molecule has 0 fully saturated rings. The van der Waals surface area contributed by atoms with E-state index in [0.717, 1.165) is 29.0 Å². The lowest BCUT2D eigenvalue weighted by molar-refractivity contribution is -0.123. The van der Waals surface area contributed by atoms with Crippen molar-refractivity contribution in [1.82, 2.24) is 5.32 Å². The molecule has 132 valence electrons. The molecule has 0 atom stereocenters. The molecule has 0 unspecified atom stereocenters. The van der Waals surface area contributed by atoms with E-state index < -0.39 is 0 Å². The quantitative estimate of drug-likeness (QED) is 0.843. The van der Waals surface area contributed by atoms with E-state index in [-0.39, 0.29) is 18.4 Å². The second-order valence-electron chi connectivity index (χ2n) is 5.68. The van der Waals surface area contributed by atoms with Crippen molar-refractivity contribution in [3.8, 4) is 5.75 Å². The minimum absolute atomic E-state index is 0.0124. The first-order valence-electron chi connectivity index (χ1n) is 8.31. The first-order chi connectivity index (χ1) is 12.1. The van der Waals surface area contributed by atoms with E-state index in [1.54, 1.807) is 7.11 Å². The molecule has 0 aromatic heterocycles. The van der Waals surface area contributed by atoms with Crippen LogP contribution in [0.4, 0.5) is 5.69 Å². The summed E-state index contributed by atoms with van der Waals surface area (Å²) in [6, 6.07) is 15.2. The maximum Gasteiger partial charge on any atom is 0.240 e. The van der Waals surface area contributed by atoms with E-state index in [9.17, 15) is 9.59 Å². The first-order valence-corrected chi connectivity index (χ1v) is 8.31. The molecule has 25 heavy (non-hydrogen) atoms. The molecular formula is C20H24N2O3. The third kappa shape index (κ3) is 4.83. The number of ether oxygens (including phenoxy) is 1. The topological polar surface area (TPSA) is 58.6 Å². The smallest absolute Gasteiger partial charge is 0.240 e. The minimum atomic E-state index is -0.216. The first kappa shape index (κ1) is 18.5. The highest BCUT2D eigenvalue weighted by Crippen LogP contribution is 2.21. The lowest BCUT2D eigenvalue weighted by Crippen LogP contribution is -2.40. The van der Waals surface area contributed by atoms with Gasteiger partial charge in [0.2, 0.25) is 11.8 Å². The molecule has 2 aromatic carbocycles. The predicted octanol–water partition coefficient (Wildman–Crippen LogP) is 2.93. The molecule has 1 N–H and O–H groups in total. The van der Waals surface area contributed by atoms with E-state index in [2.05, 4.69) is 5.32 Å². The van der Waals surface area contributed by atoms with Gasteiger partial charge in [-0.2, -0.15) is 0 Å². The van der Waals surface area contributed by atoms with Gasteiger partial charge in [0.05, 0.1) is 7.11 Å². The molecule has 0 heterocycles. The van der Waals surface area contributed by atoms with E-state index in [4.69, 9.17) is 4.74 Å². The SMILES string of the molecule is CCc1ccccc1N(CC(=O)NCc1ccccc1OC)C(C)=O. The number of carbonyl (C=O) groups is 2. The average molecular weight is 340 g/mol. The number of para-hydroxylation sites is 2. The minimum Gasteiger partial charge on any atom is -0.496 e. The second-order valence-corrected chi connectivity index (χ2v) is 5.68. The molecule has 0 aliphatic carbocycles. The molecule has 2 rings (SSSR count). The van der Waals surface area contributed by atoms with E-state index >= 15 is 0 Å². The van der Waals surface area contributed by atoms with Gasteiger partial charge in [0.25, 0.3) is 0 Å². The summed E-state index contributed by atoms with van der Waals surface area (Å²) < 4.78 is 5.28. The maximum absolute atomic E-state index is 12.4. The van der Waals surface area contributed by atoms with Gasteiger partial charge in [-0.3, -0.25) is 9.59 Å². The summed E-state index contributed by atoms with van der Waals surface area (Å²) in [5.41, 5.74) is 2.71. The van der Waals surface area contributed by atoms with Crippen LogP contribution in [0.2, 0.25) is 0 Å². The number of rotatable bonds is 7. The Kier molecular flexibility index (Phi) is 6.57. The molecule has 0 saturated carbocycles. The molecule has 5 nitrogen and oxygen atoms in total. The summed E-state index contributed by atoms with van der Waals surface area (Å²) in [4.78, 5) is 25.9. The average Bonchev–Trinajstić information content (AvgIpc) is 2.64. The molecule has 2 amide bonds. The monoisotopic (exact) mass is 340 g/mol. The third-order valence-electron chi connectivity index (χ3n) is 4.01. The maximum atomic E-state index is 12.4. The molecule has 0 saturated heterocycles. The fourth-order valence-electron chi connectivity index (χ4n) is 2.68. The second kappa shape index (κ2) is 8.87. The highest BCUT2D eigenvalue weighted by Gasteiger charge is 2.18. The Labute approximate surface area is 148 Å². The summed E-state index contributed by atoms with van der Waals surface area (Å²) in [5, 5.41) is 2.85. The molecule has 0 aliphatic rings. The number of methoxy groups -OCH3 is 1. The highest BCUT2D eigenvalue weighted by atomic mass is 16.5. The number of anilines is 1. The zero-order valence-corrected chi connectivity index (χ0v) is 14.9. The summed E-state index contributed by atoms with van der Waals surface area (Å²) in [7, 11) is 1.60.